The van der Waals surface area contributed by atoms with Gasteiger partial charge in [-0.2, -0.15) is 0 Å². The molecule has 2 aromatic rings. The molecule has 4 nitrogen and oxygen atoms in total. The molecule has 116 valence electrons. The number of likely N-dealkylation sites (tertiary alicyclic amines) is 1. The Morgan fingerprint density at radius 1 is 1.45 bits per heavy atom. The molecular weight excluding hydrogens is 276 g/mol. The number of ether oxygens (including phenoxy) is 1. The van der Waals surface area contributed by atoms with Gasteiger partial charge in [0.2, 0.25) is 0 Å². The molecule has 1 aromatic carbocycles. The van der Waals surface area contributed by atoms with E-state index in [2.05, 4.69) is 41.3 Å². The molecule has 2 heterocycles. The van der Waals surface area contributed by atoms with E-state index in [4.69, 9.17) is 4.74 Å². The van der Waals surface area contributed by atoms with Gasteiger partial charge in [0.15, 0.2) is 0 Å². The van der Waals surface area contributed by atoms with E-state index in [1.807, 2.05) is 0 Å². The molecular formula is C18H22N2O2. The molecule has 0 radical (unpaired) electrons. The number of esters is 1. The minimum atomic E-state index is -0.0896. The van der Waals surface area contributed by atoms with Crippen molar-refractivity contribution >= 4 is 16.9 Å². The number of fused-ring (bicyclic) bond motifs is 2. The van der Waals surface area contributed by atoms with E-state index in [-0.39, 0.29) is 5.97 Å². The molecule has 4 rings (SSSR count). The summed E-state index contributed by atoms with van der Waals surface area (Å²) in [6, 6.07) is 7.11. The van der Waals surface area contributed by atoms with Crippen LogP contribution in [0.25, 0.3) is 10.9 Å². The zero-order chi connectivity index (χ0) is 15.3. The lowest BCUT2D eigenvalue weighted by Gasteiger charge is -2.45. The number of H-pyrrole nitrogens is 1. The van der Waals surface area contributed by atoms with Crippen LogP contribution in [-0.4, -0.2) is 42.6 Å². The fourth-order valence-electron chi connectivity index (χ4n) is 4.52. The first-order valence-electron chi connectivity index (χ1n) is 8.03. The minimum absolute atomic E-state index is 0.0896. The van der Waals surface area contributed by atoms with Crippen molar-refractivity contribution in [3.05, 3.63) is 35.5 Å². The van der Waals surface area contributed by atoms with Crippen LogP contribution >= 0.6 is 0 Å². The van der Waals surface area contributed by atoms with Gasteiger partial charge in [0.25, 0.3) is 0 Å². The molecule has 4 heteroatoms. The quantitative estimate of drug-likeness (QED) is 0.867. The van der Waals surface area contributed by atoms with Crippen molar-refractivity contribution in [3.8, 4) is 0 Å². The average molecular weight is 298 g/mol. The molecule has 1 aromatic heterocycles. The van der Waals surface area contributed by atoms with Crippen molar-refractivity contribution < 1.29 is 9.53 Å². The van der Waals surface area contributed by atoms with Crippen molar-refractivity contribution in [2.75, 3.05) is 20.7 Å². The van der Waals surface area contributed by atoms with E-state index in [9.17, 15) is 4.79 Å². The van der Waals surface area contributed by atoms with Crippen LogP contribution in [0.1, 0.15) is 29.9 Å². The van der Waals surface area contributed by atoms with Crippen LogP contribution < -0.4 is 0 Å². The molecule has 0 spiro atoms. The Hall–Kier alpha value is -1.81. The number of piperidine rings is 1. The molecule has 1 aliphatic carbocycles. The molecule has 0 amide bonds. The van der Waals surface area contributed by atoms with Gasteiger partial charge in [-0.05, 0) is 43.0 Å². The first kappa shape index (κ1) is 13.8. The molecule has 0 bridgehead atoms. The molecule has 1 saturated heterocycles. The maximum absolute atomic E-state index is 11.6. The van der Waals surface area contributed by atoms with Gasteiger partial charge >= 0.3 is 5.97 Å². The summed E-state index contributed by atoms with van der Waals surface area (Å²) >= 11 is 0. The maximum Gasteiger partial charge on any atom is 0.305 e. The number of carbonyl (C=O) groups is 1. The normalized spacial score (nSPS) is 27.6. The number of nitrogens with zero attached hydrogens (tertiary/aromatic N) is 1. The Balaban J connectivity index is 1.70. The SMILES string of the molecule is COC(=O)C[C@@H]1C[C@@H]2c3cccc4[nH]cc(c34)C[C@H]2N(C)C1. The number of hydrogen-bond acceptors (Lipinski definition) is 3. The number of likely N-dealkylation sites (N-methyl/N-ethyl adjacent to an activating group) is 1. The molecule has 1 aliphatic heterocycles. The van der Waals surface area contributed by atoms with Gasteiger partial charge in [-0.15, -0.1) is 0 Å². The lowest BCUT2D eigenvalue weighted by Crippen LogP contribution is -2.48. The predicted molar refractivity (Wildman–Crippen MR) is 85.9 cm³/mol. The number of rotatable bonds is 2. The number of hydrogen-bond donors (Lipinski definition) is 1. The standard InChI is InChI=1S/C18H22N2O2/c1-20-10-11(7-17(21)22-2)6-14-13-4-3-5-15-18(13)12(9-19-15)8-16(14)20/h3-5,9,11,14,16,19H,6-8,10H2,1-2H3/t11-,14+,16+/m0/s1. The van der Waals surface area contributed by atoms with E-state index >= 15 is 0 Å². The summed E-state index contributed by atoms with van der Waals surface area (Å²) in [7, 11) is 3.67. The van der Waals surface area contributed by atoms with Crippen LogP contribution in [0.2, 0.25) is 0 Å². The number of carbonyl (C=O) groups excluding carboxylic acids is 1. The van der Waals surface area contributed by atoms with E-state index in [1.165, 1.54) is 29.1 Å². The minimum Gasteiger partial charge on any atom is -0.469 e. The van der Waals surface area contributed by atoms with E-state index in [0.717, 1.165) is 19.4 Å². The Bertz CT molecular complexity index is 721. The highest BCUT2D eigenvalue weighted by molar-refractivity contribution is 5.88. The summed E-state index contributed by atoms with van der Waals surface area (Å²) < 4.78 is 4.86. The second kappa shape index (κ2) is 5.13. The maximum atomic E-state index is 11.6. The zero-order valence-electron chi connectivity index (χ0n) is 13.1. The largest absolute Gasteiger partial charge is 0.469 e. The number of nitrogens with one attached hydrogen (secondary N) is 1. The fourth-order valence-corrected chi connectivity index (χ4v) is 4.52. The average Bonchev–Trinajstić information content (AvgIpc) is 2.93. The molecule has 3 atom stereocenters. The Labute approximate surface area is 130 Å². The first-order chi connectivity index (χ1) is 10.7. The summed E-state index contributed by atoms with van der Waals surface area (Å²) in [5.41, 5.74) is 4.13. The van der Waals surface area contributed by atoms with E-state index < -0.39 is 0 Å². The van der Waals surface area contributed by atoms with E-state index in [1.54, 1.807) is 0 Å². The summed E-state index contributed by atoms with van der Waals surface area (Å²) in [4.78, 5) is 17.5. The second-order valence-corrected chi connectivity index (χ2v) is 6.78. The van der Waals surface area contributed by atoms with Crippen LogP contribution in [0.3, 0.4) is 0 Å². The molecule has 1 N–H and O–H groups in total. The first-order valence-corrected chi connectivity index (χ1v) is 8.03. The Morgan fingerprint density at radius 2 is 2.32 bits per heavy atom. The third-order valence-corrected chi connectivity index (χ3v) is 5.50. The fraction of sp³-hybridized carbons (Fsp3) is 0.500. The molecule has 22 heavy (non-hydrogen) atoms. The third kappa shape index (κ3) is 2.05. The highest BCUT2D eigenvalue weighted by atomic mass is 16.5. The zero-order valence-corrected chi connectivity index (χ0v) is 13.1. The Kier molecular flexibility index (Phi) is 3.22. The monoisotopic (exact) mass is 298 g/mol. The second-order valence-electron chi connectivity index (χ2n) is 6.78. The molecule has 1 fully saturated rings. The van der Waals surface area contributed by atoms with Crippen LogP contribution in [0.5, 0.6) is 0 Å². The van der Waals surface area contributed by atoms with Gasteiger partial charge in [0.1, 0.15) is 0 Å². The summed E-state index contributed by atoms with van der Waals surface area (Å²) in [6.07, 6.45) is 4.87. The van der Waals surface area contributed by atoms with Gasteiger partial charge in [-0.3, -0.25) is 4.79 Å². The Morgan fingerprint density at radius 3 is 3.14 bits per heavy atom. The smallest absolute Gasteiger partial charge is 0.305 e. The van der Waals surface area contributed by atoms with Gasteiger partial charge in [-0.25, -0.2) is 0 Å². The molecule has 0 unspecified atom stereocenters. The van der Waals surface area contributed by atoms with Crippen LogP contribution in [-0.2, 0) is 16.0 Å². The van der Waals surface area contributed by atoms with Crippen LogP contribution in [0.4, 0.5) is 0 Å². The summed E-state index contributed by atoms with van der Waals surface area (Å²) in [5, 5.41) is 1.41. The van der Waals surface area contributed by atoms with Crippen molar-refractivity contribution in [1.29, 1.82) is 0 Å². The van der Waals surface area contributed by atoms with Crippen molar-refractivity contribution in [1.82, 2.24) is 9.88 Å². The summed E-state index contributed by atoms with van der Waals surface area (Å²) in [6.45, 7) is 0.978. The highest BCUT2D eigenvalue weighted by Crippen LogP contribution is 2.44. The van der Waals surface area contributed by atoms with Gasteiger partial charge in [-0.1, -0.05) is 12.1 Å². The molecule has 2 aliphatic rings. The lowest BCUT2D eigenvalue weighted by molar-refractivity contribution is -0.142. The van der Waals surface area contributed by atoms with Crippen molar-refractivity contribution in [2.24, 2.45) is 5.92 Å². The summed E-state index contributed by atoms with van der Waals surface area (Å²) in [5.74, 6) is 0.808. The van der Waals surface area contributed by atoms with Gasteiger partial charge in [0.05, 0.1) is 7.11 Å². The topological polar surface area (TPSA) is 45.3 Å². The van der Waals surface area contributed by atoms with Gasteiger partial charge < -0.3 is 14.6 Å². The number of aromatic nitrogens is 1. The third-order valence-electron chi connectivity index (χ3n) is 5.50. The van der Waals surface area contributed by atoms with Crippen molar-refractivity contribution in [3.63, 3.8) is 0 Å². The predicted octanol–water partition coefficient (Wildman–Crippen LogP) is 2.69. The van der Waals surface area contributed by atoms with Crippen LogP contribution in [0, 0.1) is 5.92 Å². The van der Waals surface area contributed by atoms with Gasteiger partial charge in [0, 0.05) is 42.0 Å². The molecule has 0 saturated carbocycles. The number of benzene rings is 1. The number of aromatic amines is 1. The lowest BCUT2D eigenvalue weighted by atomic mass is 9.72. The van der Waals surface area contributed by atoms with Crippen LogP contribution in [0.15, 0.2) is 24.4 Å². The highest BCUT2D eigenvalue weighted by Gasteiger charge is 2.39. The number of methoxy groups -OCH3 is 1. The van der Waals surface area contributed by atoms with Crippen molar-refractivity contribution in [2.45, 2.75) is 31.2 Å². The van der Waals surface area contributed by atoms with E-state index in [0.29, 0.717) is 24.3 Å².